The highest BCUT2D eigenvalue weighted by Gasteiger charge is 2.14. The quantitative estimate of drug-likeness (QED) is 0.399. The number of aliphatic hydroxyl groups excluding tert-OH is 3. The zero-order valence-electron chi connectivity index (χ0n) is 17.5. The van der Waals surface area contributed by atoms with Gasteiger partial charge in [0.05, 0.1) is 25.3 Å². The summed E-state index contributed by atoms with van der Waals surface area (Å²) in [6.45, 7) is 1.71. The van der Waals surface area contributed by atoms with Crippen molar-refractivity contribution in [2.24, 2.45) is 5.73 Å². The molecule has 0 saturated heterocycles. The lowest BCUT2D eigenvalue weighted by atomic mass is 10.0. The smallest absolute Gasteiger partial charge is 0.137 e. The Balaban J connectivity index is 1.66. The minimum Gasteiger partial charge on any atom is -0.492 e. The fourth-order valence-corrected chi connectivity index (χ4v) is 3.18. The number of imidazole rings is 1. The predicted molar refractivity (Wildman–Crippen MR) is 120 cm³/mol. The van der Waals surface area contributed by atoms with Crippen molar-refractivity contribution in [1.82, 2.24) is 9.55 Å². The molecule has 7 heteroatoms. The van der Waals surface area contributed by atoms with Crippen LogP contribution in [0.2, 0.25) is 0 Å². The van der Waals surface area contributed by atoms with E-state index in [0.717, 1.165) is 16.7 Å². The van der Waals surface area contributed by atoms with Crippen LogP contribution < -0.4 is 10.5 Å². The molecule has 0 bridgehead atoms. The third kappa shape index (κ3) is 6.02. The Hall–Kier alpha value is -2.97. The first-order valence-electron chi connectivity index (χ1n) is 10.2. The number of hydrogen-bond donors (Lipinski definition) is 4. The van der Waals surface area contributed by atoms with Gasteiger partial charge < -0.3 is 30.4 Å². The van der Waals surface area contributed by atoms with Gasteiger partial charge in [0, 0.05) is 12.4 Å². The van der Waals surface area contributed by atoms with E-state index in [2.05, 4.69) is 4.98 Å². The Labute approximate surface area is 182 Å². The van der Waals surface area contributed by atoms with Crippen molar-refractivity contribution in [3.8, 4) is 16.9 Å². The number of ether oxygens (including phenoxy) is 1. The van der Waals surface area contributed by atoms with Gasteiger partial charge in [0.15, 0.2) is 0 Å². The SMILES string of the molecule is C[C@H](O)c1nccn1[C@@H](/C=C/c1ccc(-c2ccc(OC[C@@H](N)CO)cc2)cc1)CO. The summed E-state index contributed by atoms with van der Waals surface area (Å²) in [5.74, 6) is 1.23. The molecular weight excluding hydrogens is 394 g/mol. The Morgan fingerprint density at radius 1 is 1.03 bits per heavy atom. The van der Waals surface area contributed by atoms with Crippen LogP contribution in [0.25, 0.3) is 17.2 Å². The first-order chi connectivity index (χ1) is 15.0. The van der Waals surface area contributed by atoms with E-state index >= 15 is 0 Å². The normalized spacial score (nSPS) is 14.5. The van der Waals surface area contributed by atoms with E-state index in [4.69, 9.17) is 15.6 Å². The zero-order valence-corrected chi connectivity index (χ0v) is 17.5. The first kappa shape index (κ1) is 22.7. The topological polar surface area (TPSA) is 114 Å². The summed E-state index contributed by atoms with van der Waals surface area (Å²) in [4.78, 5) is 4.16. The van der Waals surface area contributed by atoms with Gasteiger partial charge in [-0.25, -0.2) is 4.98 Å². The molecule has 0 aliphatic carbocycles. The molecule has 1 aromatic heterocycles. The lowest BCUT2D eigenvalue weighted by molar-refractivity contribution is 0.175. The highest BCUT2D eigenvalue weighted by Crippen LogP contribution is 2.24. The number of aliphatic hydroxyl groups is 3. The molecule has 0 aliphatic rings. The molecule has 0 saturated carbocycles. The van der Waals surface area contributed by atoms with Gasteiger partial charge in [0.25, 0.3) is 0 Å². The van der Waals surface area contributed by atoms with Gasteiger partial charge in [-0.3, -0.25) is 0 Å². The largest absolute Gasteiger partial charge is 0.492 e. The number of benzene rings is 2. The van der Waals surface area contributed by atoms with E-state index in [0.29, 0.717) is 11.6 Å². The van der Waals surface area contributed by atoms with Crippen LogP contribution in [-0.2, 0) is 0 Å². The molecule has 5 N–H and O–H groups in total. The van der Waals surface area contributed by atoms with Crippen molar-refractivity contribution < 1.29 is 20.1 Å². The molecule has 0 radical (unpaired) electrons. The molecule has 1 heterocycles. The van der Waals surface area contributed by atoms with Crippen LogP contribution in [0.3, 0.4) is 0 Å². The summed E-state index contributed by atoms with van der Waals surface area (Å²) in [6.07, 6.45) is 6.50. The van der Waals surface area contributed by atoms with E-state index < -0.39 is 12.1 Å². The highest BCUT2D eigenvalue weighted by molar-refractivity contribution is 5.66. The molecule has 0 spiro atoms. The minimum atomic E-state index is -0.708. The van der Waals surface area contributed by atoms with E-state index in [1.807, 2.05) is 60.7 Å². The van der Waals surface area contributed by atoms with Crippen molar-refractivity contribution >= 4 is 6.08 Å². The second-order valence-electron chi connectivity index (χ2n) is 7.38. The number of hydrogen-bond acceptors (Lipinski definition) is 6. The van der Waals surface area contributed by atoms with Gasteiger partial charge in [-0.2, -0.15) is 0 Å². The third-order valence-electron chi connectivity index (χ3n) is 4.92. The fraction of sp³-hybridized carbons (Fsp3) is 0.292. The standard InChI is InChI=1S/C24H29N3O4/c1-17(30)24-26-12-13-27(24)22(15-29)9-4-18-2-5-19(6-3-18)20-7-10-23(11-8-20)31-16-21(25)14-28/h2-13,17,21-22,28-30H,14-16,25H2,1H3/b9-4+/t17-,21-,22-/m0/s1. The Kier molecular flexibility index (Phi) is 7.97. The maximum Gasteiger partial charge on any atom is 0.137 e. The second-order valence-corrected chi connectivity index (χ2v) is 7.38. The lowest BCUT2D eigenvalue weighted by Gasteiger charge is -2.16. The number of rotatable bonds is 10. The molecule has 2 aromatic carbocycles. The van der Waals surface area contributed by atoms with E-state index in [9.17, 15) is 10.2 Å². The Bertz CT molecular complexity index is 965. The Morgan fingerprint density at radius 3 is 2.26 bits per heavy atom. The summed E-state index contributed by atoms with van der Waals surface area (Å²) in [7, 11) is 0. The van der Waals surface area contributed by atoms with Crippen molar-refractivity contribution in [1.29, 1.82) is 0 Å². The van der Waals surface area contributed by atoms with E-state index in [1.54, 1.807) is 23.9 Å². The third-order valence-corrected chi connectivity index (χ3v) is 4.92. The summed E-state index contributed by atoms with van der Waals surface area (Å²) < 4.78 is 7.32. The molecule has 3 rings (SSSR count). The van der Waals surface area contributed by atoms with E-state index in [1.165, 1.54) is 0 Å². The van der Waals surface area contributed by atoms with Crippen LogP contribution in [0, 0.1) is 0 Å². The van der Waals surface area contributed by atoms with Crippen LogP contribution in [0.5, 0.6) is 5.75 Å². The average Bonchev–Trinajstić information content (AvgIpc) is 3.29. The minimum absolute atomic E-state index is 0.0949. The fourth-order valence-electron chi connectivity index (χ4n) is 3.18. The molecule has 31 heavy (non-hydrogen) atoms. The lowest BCUT2D eigenvalue weighted by Crippen LogP contribution is -2.31. The van der Waals surface area contributed by atoms with Gasteiger partial charge in [0.2, 0.25) is 0 Å². The van der Waals surface area contributed by atoms with E-state index in [-0.39, 0.29) is 25.9 Å². The summed E-state index contributed by atoms with van der Waals surface area (Å²) >= 11 is 0. The molecule has 0 unspecified atom stereocenters. The van der Waals surface area contributed by atoms with Gasteiger partial charge in [-0.15, -0.1) is 0 Å². The summed E-state index contributed by atoms with van der Waals surface area (Å²) in [5.41, 5.74) is 8.77. The maximum absolute atomic E-state index is 9.83. The van der Waals surface area contributed by atoms with Gasteiger partial charge in [0.1, 0.15) is 24.3 Å². The zero-order chi connectivity index (χ0) is 22.2. The molecular formula is C24H29N3O4. The van der Waals surface area contributed by atoms with Crippen molar-refractivity contribution in [2.45, 2.75) is 25.1 Å². The molecule has 3 aromatic rings. The molecule has 3 atom stereocenters. The van der Waals surface area contributed by atoms with Crippen LogP contribution in [0.4, 0.5) is 0 Å². The van der Waals surface area contributed by atoms with Crippen molar-refractivity contribution in [3.05, 3.63) is 78.4 Å². The molecule has 0 amide bonds. The van der Waals surface area contributed by atoms with Crippen molar-refractivity contribution in [2.75, 3.05) is 19.8 Å². The number of nitrogens with zero attached hydrogens (tertiary/aromatic N) is 2. The van der Waals surface area contributed by atoms with Crippen molar-refractivity contribution in [3.63, 3.8) is 0 Å². The number of aromatic nitrogens is 2. The highest BCUT2D eigenvalue weighted by atomic mass is 16.5. The number of nitrogens with two attached hydrogens (primary N) is 1. The van der Waals surface area contributed by atoms with Gasteiger partial charge in [-0.1, -0.05) is 48.6 Å². The average molecular weight is 424 g/mol. The Morgan fingerprint density at radius 2 is 1.68 bits per heavy atom. The maximum atomic E-state index is 9.83. The molecule has 0 fully saturated rings. The van der Waals surface area contributed by atoms with Crippen LogP contribution in [0.15, 0.2) is 67.0 Å². The monoisotopic (exact) mass is 423 g/mol. The predicted octanol–water partition coefficient (Wildman–Crippen LogP) is 2.55. The molecule has 164 valence electrons. The second kappa shape index (κ2) is 10.9. The van der Waals surface area contributed by atoms with Gasteiger partial charge in [-0.05, 0) is 35.7 Å². The molecule has 7 nitrogen and oxygen atoms in total. The first-order valence-corrected chi connectivity index (χ1v) is 10.2. The van der Waals surface area contributed by atoms with Gasteiger partial charge >= 0.3 is 0 Å². The van der Waals surface area contributed by atoms with Crippen LogP contribution in [0.1, 0.15) is 30.5 Å². The van der Waals surface area contributed by atoms with Crippen LogP contribution >= 0.6 is 0 Å². The molecule has 0 aliphatic heterocycles. The van der Waals surface area contributed by atoms with Crippen LogP contribution in [-0.4, -0.2) is 50.7 Å². The summed E-state index contributed by atoms with van der Waals surface area (Å²) in [6, 6.07) is 15.1. The summed E-state index contributed by atoms with van der Waals surface area (Å²) in [5, 5.41) is 28.6.